The number of ether oxygens (including phenoxy) is 2. The smallest absolute Gasteiger partial charge is 0.311 e. The highest BCUT2D eigenvalue weighted by Gasteiger charge is 2.35. The Morgan fingerprint density at radius 3 is 3.04 bits per heavy atom. The molecule has 24 heavy (non-hydrogen) atoms. The highest BCUT2D eigenvalue weighted by Crippen LogP contribution is 2.42. The van der Waals surface area contributed by atoms with Crippen LogP contribution in [0.3, 0.4) is 0 Å². The van der Waals surface area contributed by atoms with Crippen molar-refractivity contribution in [2.75, 3.05) is 7.11 Å². The second kappa shape index (κ2) is 6.04. The molecule has 0 aliphatic carbocycles. The van der Waals surface area contributed by atoms with Crippen LogP contribution in [0.25, 0.3) is 0 Å². The Balaban J connectivity index is 2.17. The van der Waals surface area contributed by atoms with E-state index in [0.717, 1.165) is 0 Å². The van der Waals surface area contributed by atoms with Crippen molar-refractivity contribution in [3.05, 3.63) is 58.4 Å². The van der Waals surface area contributed by atoms with Crippen LogP contribution in [0.1, 0.15) is 22.7 Å². The Bertz CT molecular complexity index is 882. The Morgan fingerprint density at radius 2 is 2.38 bits per heavy atom. The van der Waals surface area contributed by atoms with Gasteiger partial charge in [-0.15, -0.1) is 5.10 Å². The maximum absolute atomic E-state index is 13.7. The normalized spacial score (nSPS) is 16.1. The second-order valence-corrected chi connectivity index (χ2v) is 5.15. The topological polar surface area (TPSA) is 114 Å². The maximum Gasteiger partial charge on any atom is 0.311 e. The summed E-state index contributed by atoms with van der Waals surface area (Å²) in [5.41, 5.74) is 7.33. The van der Waals surface area contributed by atoms with Gasteiger partial charge < -0.3 is 15.2 Å². The lowest BCUT2D eigenvalue weighted by atomic mass is 9.83. The molecule has 0 saturated heterocycles. The van der Waals surface area contributed by atoms with Gasteiger partial charge in [-0.3, -0.25) is 9.89 Å². The summed E-state index contributed by atoms with van der Waals surface area (Å²) in [6.07, 6.45) is -0.0907. The summed E-state index contributed by atoms with van der Waals surface area (Å²) in [6, 6.07) is 7.80. The minimum Gasteiger partial charge on any atom is -0.469 e. The molecule has 0 unspecified atom stereocenters. The SMILES string of the molecule is COC(=O)Cc1[nH]nc2c1[C@H](c1cccc(F)c1)C(C#N)=C(N)O2. The highest BCUT2D eigenvalue weighted by molar-refractivity contribution is 5.73. The van der Waals surface area contributed by atoms with Gasteiger partial charge in [0.25, 0.3) is 0 Å². The molecular formula is C16H13FN4O3. The van der Waals surface area contributed by atoms with Gasteiger partial charge in [-0.05, 0) is 17.7 Å². The first-order valence-electron chi connectivity index (χ1n) is 7.02. The molecule has 1 aromatic heterocycles. The van der Waals surface area contributed by atoms with Crippen LogP contribution in [0.4, 0.5) is 4.39 Å². The molecule has 1 aliphatic rings. The summed E-state index contributed by atoms with van der Waals surface area (Å²) < 4.78 is 23.7. The molecule has 0 radical (unpaired) electrons. The number of nitrogens with one attached hydrogen (secondary N) is 1. The number of aromatic nitrogens is 2. The van der Waals surface area contributed by atoms with Gasteiger partial charge in [0.15, 0.2) is 0 Å². The zero-order valence-corrected chi connectivity index (χ0v) is 12.7. The largest absolute Gasteiger partial charge is 0.469 e. The molecule has 1 atom stereocenters. The Morgan fingerprint density at radius 1 is 1.58 bits per heavy atom. The van der Waals surface area contributed by atoms with Crippen LogP contribution < -0.4 is 10.5 Å². The van der Waals surface area contributed by atoms with Crippen LogP contribution in [0.5, 0.6) is 5.88 Å². The summed E-state index contributed by atoms with van der Waals surface area (Å²) in [6.45, 7) is 0. The minimum atomic E-state index is -0.687. The van der Waals surface area contributed by atoms with E-state index in [-0.39, 0.29) is 23.8 Å². The van der Waals surface area contributed by atoms with E-state index in [1.54, 1.807) is 6.07 Å². The Hall–Kier alpha value is -3.34. The number of rotatable bonds is 3. The number of esters is 1. The molecule has 3 N–H and O–H groups in total. The molecule has 2 aromatic rings. The lowest BCUT2D eigenvalue weighted by Crippen LogP contribution is -2.22. The fraction of sp³-hybridized carbons (Fsp3) is 0.188. The standard InChI is InChI=1S/C16H13FN4O3/c1-23-12(22)6-11-14-13(8-3-2-4-9(17)5-8)10(7-18)15(19)24-16(14)21-20-11/h2-5,13H,6,19H2,1H3,(H,20,21)/t13-/m1/s1. The number of aromatic amines is 1. The van der Waals surface area contributed by atoms with E-state index < -0.39 is 17.7 Å². The van der Waals surface area contributed by atoms with E-state index in [2.05, 4.69) is 14.9 Å². The number of nitrogens with zero attached hydrogens (tertiary/aromatic N) is 2. The van der Waals surface area contributed by atoms with Gasteiger partial charge in [0.05, 0.1) is 30.7 Å². The molecule has 8 heteroatoms. The number of halogens is 1. The van der Waals surface area contributed by atoms with Gasteiger partial charge in [-0.25, -0.2) is 4.39 Å². The fourth-order valence-corrected chi connectivity index (χ4v) is 2.68. The van der Waals surface area contributed by atoms with Gasteiger partial charge in [-0.2, -0.15) is 5.26 Å². The molecule has 0 saturated carbocycles. The lowest BCUT2D eigenvalue weighted by Gasteiger charge is -2.24. The summed E-state index contributed by atoms with van der Waals surface area (Å²) in [5, 5.41) is 16.1. The predicted molar refractivity (Wildman–Crippen MR) is 80.0 cm³/mol. The predicted octanol–water partition coefficient (Wildman–Crippen LogP) is 1.48. The molecule has 0 spiro atoms. The number of hydrogen-bond acceptors (Lipinski definition) is 6. The summed E-state index contributed by atoms with van der Waals surface area (Å²) >= 11 is 0. The van der Waals surface area contributed by atoms with Gasteiger partial charge in [0.2, 0.25) is 11.8 Å². The van der Waals surface area contributed by atoms with Crippen molar-refractivity contribution in [1.29, 1.82) is 5.26 Å². The fourth-order valence-electron chi connectivity index (χ4n) is 2.68. The number of hydrogen-bond donors (Lipinski definition) is 2. The molecule has 2 heterocycles. The Kier molecular flexibility index (Phi) is 3.92. The molecule has 122 valence electrons. The summed E-state index contributed by atoms with van der Waals surface area (Å²) in [4.78, 5) is 11.6. The zero-order chi connectivity index (χ0) is 17.3. The summed E-state index contributed by atoms with van der Waals surface area (Å²) in [7, 11) is 1.27. The van der Waals surface area contributed by atoms with E-state index in [9.17, 15) is 14.4 Å². The number of carbonyl (C=O) groups excluding carboxylic acids is 1. The van der Waals surface area contributed by atoms with Gasteiger partial charge >= 0.3 is 5.97 Å². The van der Waals surface area contributed by atoms with Crippen molar-refractivity contribution in [3.8, 4) is 11.9 Å². The van der Waals surface area contributed by atoms with E-state index >= 15 is 0 Å². The van der Waals surface area contributed by atoms with Crippen LogP contribution >= 0.6 is 0 Å². The average Bonchev–Trinajstić information content (AvgIpc) is 2.95. The minimum absolute atomic E-state index is 0.0907. The summed E-state index contributed by atoms with van der Waals surface area (Å²) in [5.74, 6) is -1.57. The number of allylic oxidation sites excluding steroid dienone is 1. The molecule has 7 nitrogen and oxygen atoms in total. The molecular weight excluding hydrogens is 315 g/mol. The molecule has 1 aromatic carbocycles. The van der Waals surface area contributed by atoms with Crippen LogP contribution in [0.15, 0.2) is 35.7 Å². The van der Waals surface area contributed by atoms with E-state index in [4.69, 9.17) is 10.5 Å². The van der Waals surface area contributed by atoms with Crippen molar-refractivity contribution in [3.63, 3.8) is 0 Å². The number of carbonyl (C=O) groups is 1. The Labute approximate surface area is 136 Å². The van der Waals surface area contributed by atoms with Gasteiger partial charge in [0.1, 0.15) is 17.5 Å². The van der Waals surface area contributed by atoms with E-state index in [0.29, 0.717) is 16.8 Å². The first-order valence-corrected chi connectivity index (χ1v) is 7.02. The monoisotopic (exact) mass is 328 g/mol. The molecule has 1 aliphatic heterocycles. The number of benzene rings is 1. The molecule has 3 rings (SSSR count). The first-order chi connectivity index (χ1) is 11.5. The maximum atomic E-state index is 13.7. The number of nitrogens with two attached hydrogens (primary N) is 1. The lowest BCUT2D eigenvalue weighted by molar-refractivity contribution is -0.139. The highest BCUT2D eigenvalue weighted by atomic mass is 19.1. The third-order valence-corrected chi connectivity index (χ3v) is 3.75. The average molecular weight is 328 g/mol. The quantitative estimate of drug-likeness (QED) is 0.825. The van der Waals surface area contributed by atoms with E-state index in [1.165, 1.54) is 25.3 Å². The molecule has 0 fully saturated rings. The van der Waals surface area contributed by atoms with Crippen LogP contribution in [0.2, 0.25) is 0 Å². The van der Waals surface area contributed by atoms with Crippen molar-refractivity contribution in [2.24, 2.45) is 5.73 Å². The van der Waals surface area contributed by atoms with Crippen LogP contribution in [-0.2, 0) is 16.0 Å². The third-order valence-electron chi connectivity index (χ3n) is 3.75. The number of H-pyrrole nitrogens is 1. The van der Waals surface area contributed by atoms with Crippen molar-refractivity contribution in [2.45, 2.75) is 12.3 Å². The van der Waals surface area contributed by atoms with Gasteiger partial charge in [-0.1, -0.05) is 12.1 Å². The van der Waals surface area contributed by atoms with Crippen molar-refractivity contribution >= 4 is 5.97 Å². The van der Waals surface area contributed by atoms with E-state index in [1.807, 2.05) is 6.07 Å². The van der Waals surface area contributed by atoms with Crippen LogP contribution in [0, 0.1) is 17.1 Å². The second-order valence-electron chi connectivity index (χ2n) is 5.15. The zero-order valence-electron chi connectivity index (χ0n) is 12.7. The number of methoxy groups -OCH3 is 1. The first kappa shape index (κ1) is 15.6. The molecule has 0 bridgehead atoms. The van der Waals surface area contributed by atoms with Crippen molar-refractivity contribution < 1.29 is 18.7 Å². The van der Waals surface area contributed by atoms with Crippen LogP contribution in [-0.4, -0.2) is 23.3 Å². The van der Waals surface area contributed by atoms with Gasteiger partial charge in [0, 0.05) is 0 Å². The van der Waals surface area contributed by atoms with Crippen molar-refractivity contribution in [1.82, 2.24) is 10.2 Å². The number of fused-ring (bicyclic) bond motifs is 1. The number of nitriles is 1. The molecule has 0 amide bonds. The third kappa shape index (κ3) is 2.56.